The number of anilines is 1. The second-order valence-corrected chi connectivity index (χ2v) is 6.72. The van der Waals surface area contributed by atoms with Gasteiger partial charge in [-0.2, -0.15) is 0 Å². The van der Waals surface area contributed by atoms with Crippen LogP contribution >= 0.6 is 0 Å². The third-order valence-corrected chi connectivity index (χ3v) is 4.56. The maximum absolute atomic E-state index is 12.4. The molecule has 0 radical (unpaired) electrons. The number of hydrogen-bond donors (Lipinski definition) is 2. The van der Waals surface area contributed by atoms with E-state index in [1.54, 1.807) is 0 Å². The maximum atomic E-state index is 12.4. The molecule has 0 atom stereocenters. The van der Waals surface area contributed by atoms with Crippen LogP contribution in [0.2, 0.25) is 0 Å². The number of nitrogens with one attached hydrogen (secondary N) is 2. The fourth-order valence-electron chi connectivity index (χ4n) is 3.16. The Balaban J connectivity index is 1.48. The molecule has 1 aromatic heterocycles. The summed E-state index contributed by atoms with van der Waals surface area (Å²) >= 11 is 0. The molecule has 27 heavy (non-hydrogen) atoms. The summed E-state index contributed by atoms with van der Waals surface area (Å²) in [6.07, 6.45) is 1.79. The Labute approximate surface area is 158 Å². The first kappa shape index (κ1) is 17.0. The summed E-state index contributed by atoms with van der Waals surface area (Å²) in [5.74, 6) is 0.845. The van der Waals surface area contributed by atoms with Crippen molar-refractivity contribution in [1.29, 1.82) is 0 Å². The Kier molecular flexibility index (Phi) is 4.71. The molecule has 1 amide bonds. The van der Waals surface area contributed by atoms with Gasteiger partial charge in [0.25, 0.3) is 5.91 Å². The van der Waals surface area contributed by atoms with E-state index in [-0.39, 0.29) is 5.91 Å². The fraction of sp³-hybridized carbons (Fsp3) is 0.130. The van der Waals surface area contributed by atoms with Crippen LogP contribution in [0, 0.1) is 6.92 Å². The van der Waals surface area contributed by atoms with Gasteiger partial charge < -0.3 is 10.3 Å². The fourth-order valence-corrected chi connectivity index (χ4v) is 3.16. The highest BCUT2D eigenvalue weighted by Crippen LogP contribution is 2.19. The third-order valence-electron chi connectivity index (χ3n) is 4.56. The molecule has 1 heterocycles. The molecule has 0 fully saturated rings. The molecule has 0 saturated heterocycles. The minimum Gasteiger partial charge on any atom is -0.342 e. The second-order valence-electron chi connectivity index (χ2n) is 6.72. The van der Waals surface area contributed by atoms with Crippen molar-refractivity contribution in [3.63, 3.8) is 0 Å². The molecule has 0 aliphatic carbocycles. The van der Waals surface area contributed by atoms with E-state index in [4.69, 9.17) is 0 Å². The quantitative estimate of drug-likeness (QED) is 0.534. The van der Waals surface area contributed by atoms with Gasteiger partial charge in [0.15, 0.2) is 0 Å². The van der Waals surface area contributed by atoms with Crippen LogP contribution in [0.1, 0.15) is 27.3 Å². The molecular weight excluding hydrogens is 334 g/mol. The van der Waals surface area contributed by atoms with E-state index in [0.717, 1.165) is 41.0 Å². The second kappa shape index (κ2) is 7.46. The van der Waals surface area contributed by atoms with Crippen LogP contribution in [0.3, 0.4) is 0 Å². The van der Waals surface area contributed by atoms with Crippen molar-refractivity contribution in [1.82, 2.24) is 9.97 Å². The summed E-state index contributed by atoms with van der Waals surface area (Å²) < 4.78 is 0. The molecule has 0 aliphatic rings. The number of H-pyrrole nitrogens is 1. The Morgan fingerprint density at radius 1 is 0.963 bits per heavy atom. The average molecular weight is 355 g/mol. The van der Waals surface area contributed by atoms with Crippen LogP contribution in [0.25, 0.3) is 11.0 Å². The number of rotatable bonds is 5. The van der Waals surface area contributed by atoms with E-state index in [0.29, 0.717) is 5.56 Å². The summed E-state index contributed by atoms with van der Waals surface area (Å²) in [7, 11) is 0. The number of hydrogen-bond acceptors (Lipinski definition) is 2. The van der Waals surface area contributed by atoms with Crippen molar-refractivity contribution >= 4 is 22.6 Å². The zero-order valence-electron chi connectivity index (χ0n) is 15.2. The van der Waals surface area contributed by atoms with Crippen LogP contribution in [0.5, 0.6) is 0 Å². The lowest BCUT2D eigenvalue weighted by Gasteiger charge is -2.05. The van der Waals surface area contributed by atoms with Gasteiger partial charge in [0.05, 0.1) is 11.0 Å². The number of imidazole rings is 1. The topological polar surface area (TPSA) is 57.8 Å². The van der Waals surface area contributed by atoms with Crippen LogP contribution in [-0.4, -0.2) is 15.9 Å². The number of aromatic amines is 1. The van der Waals surface area contributed by atoms with Gasteiger partial charge in [-0.05, 0) is 49.2 Å². The highest BCUT2D eigenvalue weighted by Gasteiger charge is 2.08. The predicted molar refractivity (Wildman–Crippen MR) is 109 cm³/mol. The SMILES string of the molecule is Cc1cccc(C(=O)Nc2ccc3nc(CCc4ccccc4)[nH]c3c2)c1. The summed E-state index contributed by atoms with van der Waals surface area (Å²) in [5, 5.41) is 2.96. The number of nitrogens with zero attached hydrogens (tertiary/aromatic N) is 1. The molecule has 2 N–H and O–H groups in total. The molecule has 4 heteroatoms. The Hall–Kier alpha value is -3.40. The van der Waals surface area contributed by atoms with Crippen LogP contribution < -0.4 is 5.32 Å². The molecule has 0 bridgehead atoms. The number of amides is 1. The number of aromatic nitrogens is 2. The van der Waals surface area contributed by atoms with E-state index in [1.165, 1.54) is 5.56 Å². The minimum absolute atomic E-state index is 0.109. The summed E-state index contributed by atoms with van der Waals surface area (Å²) in [6.45, 7) is 1.98. The Bertz CT molecular complexity index is 1080. The van der Waals surface area contributed by atoms with Crippen molar-refractivity contribution < 1.29 is 4.79 Å². The number of fused-ring (bicyclic) bond motifs is 1. The van der Waals surface area contributed by atoms with Crippen molar-refractivity contribution in [2.75, 3.05) is 5.32 Å². The van der Waals surface area contributed by atoms with E-state index in [9.17, 15) is 4.79 Å². The van der Waals surface area contributed by atoms with E-state index >= 15 is 0 Å². The Morgan fingerprint density at radius 2 is 1.81 bits per heavy atom. The van der Waals surface area contributed by atoms with Crippen molar-refractivity contribution in [2.24, 2.45) is 0 Å². The van der Waals surface area contributed by atoms with Gasteiger partial charge in [0, 0.05) is 17.7 Å². The van der Waals surface area contributed by atoms with Crippen molar-refractivity contribution in [3.8, 4) is 0 Å². The summed E-state index contributed by atoms with van der Waals surface area (Å²) in [5.41, 5.74) is 5.61. The number of carbonyl (C=O) groups is 1. The molecule has 134 valence electrons. The molecule has 0 saturated carbocycles. The molecule has 4 rings (SSSR count). The van der Waals surface area contributed by atoms with E-state index in [1.807, 2.05) is 55.5 Å². The molecule has 4 nitrogen and oxygen atoms in total. The number of benzene rings is 3. The lowest BCUT2D eigenvalue weighted by molar-refractivity contribution is 0.102. The molecule has 3 aromatic carbocycles. The molecular formula is C23H21N3O. The maximum Gasteiger partial charge on any atom is 0.255 e. The predicted octanol–water partition coefficient (Wildman–Crippen LogP) is 4.91. The zero-order valence-corrected chi connectivity index (χ0v) is 15.2. The van der Waals surface area contributed by atoms with Gasteiger partial charge in [-0.25, -0.2) is 4.98 Å². The largest absolute Gasteiger partial charge is 0.342 e. The van der Waals surface area contributed by atoms with Gasteiger partial charge in [-0.15, -0.1) is 0 Å². The number of aryl methyl sites for hydroxylation is 3. The van der Waals surface area contributed by atoms with Gasteiger partial charge in [0.2, 0.25) is 0 Å². The lowest BCUT2D eigenvalue weighted by atomic mass is 10.1. The standard InChI is InChI=1S/C23H21N3O/c1-16-6-5-9-18(14-16)23(27)24-19-11-12-20-21(15-19)26-22(25-20)13-10-17-7-3-2-4-8-17/h2-9,11-12,14-15H,10,13H2,1H3,(H,24,27)(H,25,26). The van der Waals surface area contributed by atoms with Gasteiger partial charge in [0.1, 0.15) is 5.82 Å². The van der Waals surface area contributed by atoms with Crippen LogP contribution in [0.15, 0.2) is 72.8 Å². The molecule has 0 spiro atoms. The van der Waals surface area contributed by atoms with Gasteiger partial charge >= 0.3 is 0 Å². The van der Waals surface area contributed by atoms with Gasteiger partial charge in [-0.1, -0.05) is 48.0 Å². The zero-order chi connectivity index (χ0) is 18.6. The summed E-state index contributed by atoms with van der Waals surface area (Å²) in [6, 6.07) is 23.7. The highest BCUT2D eigenvalue weighted by molar-refractivity contribution is 6.05. The first-order chi connectivity index (χ1) is 13.2. The van der Waals surface area contributed by atoms with Crippen molar-refractivity contribution in [2.45, 2.75) is 19.8 Å². The smallest absolute Gasteiger partial charge is 0.255 e. The summed E-state index contributed by atoms with van der Waals surface area (Å²) in [4.78, 5) is 20.4. The van der Waals surface area contributed by atoms with E-state index in [2.05, 4.69) is 39.6 Å². The molecule has 4 aromatic rings. The van der Waals surface area contributed by atoms with Crippen LogP contribution in [0.4, 0.5) is 5.69 Å². The van der Waals surface area contributed by atoms with Crippen molar-refractivity contribution in [3.05, 3.63) is 95.3 Å². The first-order valence-electron chi connectivity index (χ1n) is 9.08. The monoisotopic (exact) mass is 355 g/mol. The minimum atomic E-state index is -0.109. The lowest BCUT2D eigenvalue weighted by Crippen LogP contribution is -2.11. The number of carbonyl (C=O) groups excluding carboxylic acids is 1. The molecule has 0 aliphatic heterocycles. The normalized spacial score (nSPS) is 10.9. The first-order valence-corrected chi connectivity index (χ1v) is 9.08. The highest BCUT2D eigenvalue weighted by atomic mass is 16.1. The third kappa shape index (κ3) is 4.06. The average Bonchev–Trinajstić information content (AvgIpc) is 3.09. The van der Waals surface area contributed by atoms with Gasteiger partial charge in [-0.3, -0.25) is 4.79 Å². The van der Waals surface area contributed by atoms with E-state index < -0.39 is 0 Å². The van der Waals surface area contributed by atoms with Crippen LogP contribution in [-0.2, 0) is 12.8 Å². The molecule has 0 unspecified atom stereocenters. The Morgan fingerprint density at radius 3 is 2.63 bits per heavy atom.